The van der Waals surface area contributed by atoms with Gasteiger partial charge in [0.15, 0.2) is 0 Å². The first kappa shape index (κ1) is 11.8. The molecule has 1 unspecified atom stereocenters. The lowest BCUT2D eigenvalue weighted by Crippen LogP contribution is -2.37. The molecule has 0 aromatic heterocycles. The highest BCUT2D eigenvalue weighted by molar-refractivity contribution is 6.03. The van der Waals surface area contributed by atoms with Crippen molar-refractivity contribution in [1.82, 2.24) is 0 Å². The molecule has 4 heteroatoms. The Kier molecular flexibility index (Phi) is 4.31. The van der Waals surface area contributed by atoms with Gasteiger partial charge in [0, 0.05) is 6.42 Å². The molecule has 1 atom stereocenters. The summed E-state index contributed by atoms with van der Waals surface area (Å²) < 4.78 is 4.70. The molecular weight excluding hydrogens is 172 g/mol. The standard InChI is InChI=1S/C9H14O4/c1-4-13-8(12)9(3,5-6-10)7(2)11/h6H,4-5H2,1-3H3. The Bertz CT molecular complexity index is 222. The van der Waals surface area contributed by atoms with Crippen LogP contribution in [0.15, 0.2) is 0 Å². The van der Waals surface area contributed by atoms with Crippen molar-refractivity contribution in [2.24, 2.45) is 5.41 Å². The van der Waals surface area contributed by atoms with Crippen LogP contribution in [0.3, 0.4) is 0 Å². The Balaban J connectivity index is 4.67. The third-order valence-electron chi connectivity index (χ3n) is 1.99. The topological polar surface area (TPSA) is 60.4 Å². The smallest absolute Gasteiger partial charge is 0.319 e. The number of ether oxygens (including phenoxy) is 1. The van der Waals surface area contributed by atoms with Gasteiger partial charge >= 0.3 is 5.97 Å². The summed E-state index contributed by atoms with van der Waals surface area (Å²) in [5.41, 5.74) is -1.31. The largest absolute Gasteiger partial charge is 0.465 e. The highest BCUT2D eigenvalue weighted by atomic mass is 16.5. The molecule has 0 bridgehead atoms. The van der Waals surface area contributed by atoms with E-state index >= 15 is 0 Å². The maximum Gasteiger partial charge on any atom is 0.319 e. The number of ketones is 1. The van der Waals surface area contributed by atoms with Gasteiger partial charge in [0.05, 0.1) is 6.61 Å². The summed E-state index contributed by atoms with van der Waals surface area (Å²) in [4.78, 5) is 32.7. The highest BCUT2D eigenvalue weighted by Gasteiger charge is 2.39. The molecule has 0 aliphatic carbocycles. The number of rotatable bonds is 5. The lowest BCUT2D eigenvalue weighted by atomic mass is 9.83. The van der Waals surface area contributed by atoms with Crippen LogP contribution in [0.5, 0.6) is 0 Å². The summed E-state index contributed by atoms with van der Waals surface area (Å²) >= 11 is 0. The van der Waals surface area contributed by atoms with Crippen LogP contribution < -0.4 is 0 Å². The molecule has 74 valence electrons. The zero-order valence-corrected chi connectivity index (χ0v) is 8.12. The molecule has 4 nitrogen and oxygen atoms in total. The third kappa shape index (κ3) is 2.65. The van der Waals surface area contributed by atoms with E-state index in [1.165, 1.54) is 13.8 Å². The van der Waals surface area contributed by atoms with E-state index in [-0.39, 0.29) is 18.8 Å². The van der Waals surface area contributed by atoms with E-state index in [2.05, 4.69) is 0 Å². The van der Waals surface area contributed by atoms with E-state index in [0.717, 1.165) is 0 Å². The Labute approximate surface area is 77.3 Å². The van der Waals surface area contributed by atoms with Gasteiger partial charge in [-0.25, -0.2) is 0 Å². The van der Waals surface area contributed by atoms with Gasteiger partial charge in [0.2, 0.25) is 0 Å². The fraction of sp³-hybridized carbons (Fsp3) is 0.667. The Hall–Kier alpha value is -1.19. The molecule has 0 rings (SSSR count). The van der Waals surface area contributed by atoms with Crippen molar-refractivity contribution in [1.29, 1.82) is 0 Å². The minimum atomic E-state index is -1.31. The molecule has 0 N–H and O–H groups in total. The molecule has 0 fully saturated rings. The SMILES string of the molecule is CCOC(=O)C(C)(CC=O)C(C)=O. The lowest BCUT2D eigenvalue weighted by Gasteiger charge is -2.21. The average Bonchev–Trinajstić information content (AvgIpc) is 2.04. The normalized spacial score (nSPS) is 14.4. The van der Waals surface area contributed by atoms with Crippen molar-refractivity contribution in [2.75, 3.05) is 6.61 Å². The molecule has 0 aliphatic heterocycles. The van der Waals surface area contributed by atoms with E-state index in [9.17, 15) is 14.4 Å². The third-order valence-corrected chi connectivity index (χ3v) is 1.99. The molecule has 0 radical (unpaired) electrons. The molecule has 0 amide bonds. The van der Waals surface area contributed by atoms with Crippen LogP contribution >= 0.6 is 0 Å². The fourth-order valence-corrected chi connectivity index (χ4v) is 0.828. The van der Waals surface area contributed by atoms with Gasteiger partial charge in [0.25, 0.3) is 0 Å². The number of hydrogen-bond acceptors (Lipinski definition) is 4. The molecule has 0 aromatic rings. The van der Waals surface area contributed by atoms with Crippen LogP contribution in [0.4, 0.5) is 0 Å². The zero-order valence-electron chi connectivity index (χ0n) is 8.12. The minimum absolute atomic E-state index is 0.124. The Morgan fingerprint density at radius 3 is 2.31 bits per heavy atom. The van der Waals surface area contributed by atoms with Gasteiger partial charge in [-0.15, -0.1) is 0 Å². The molecule has 0 saturated heterocycles. The number of hydrogen-bond donors (Lipinski definition) is 0. The van der Waals surface area contributed by atoms with Crippen molar-refractivity contribution < 1.29 is 19.1 Å². The number of carbonyl (C=O) groups excluding carboxylic acids is 3. The number of esters is 1. The van der Waals surface area contributed by atoms with Crippen LogP contribution in [-0.2, 0) is 19.1 Å². The van der Waals surface area contributed by atoms with Gasteiger partial charge in [-0.05, 0) is 20.8 Å². The first-order valence-electron chi connectivity index (χ1n) is 4.11. The molecular formula is C9H14O4. The lowest BCUT2D eigenvalue weighted by molar-refractivity contribution is -0.159. The van der Waals surface area contributed by atoms with Crippen molar-refractivity contribution in [3.05, 3.63) is 0 Å². The summed E-state index contributed by atoms with van der Waals surface area (Å²) in [6, 6.07) is 0. The first-order valence-corrected chi connectivity index (χ1v) is 4.11. The maximum atomic E-state index is 11.3. The van der Waals surface area contributed by atoms with Gasteiger partial charge in [0.1, 0.15) is 17.5 Å². The highest BCUT2D eigenvalue weighted by Crippen LogP contribution is 2.23. The summed E-state index contributed by atoms with van der Waals surface area (Å²) in [6.45, 7) is 4.56. The average molecular weight is 186 g/mol. The van der Waals surface area contributed by atoms with Gasteiger partial charge in [-0.1, -0.05) is 0 Å². The monoisotopic (exact) mass is 186 g/mol. The fourth-order valence-electron chi connectivity index (χ4n) is 0.828. The minimum Gasteiger partial charge on any atom is -0.465 e. The van der Waals surface area contributed by atoms with E-state index in [1.807, 2.05) is 0 Å². The molecule has 0 saturated carbocycles. The molecule has 0 aliphatic rings. The Morgan fingerprint density at radius 2 is 2.00 bits per heavy atom. The zero-order chi connectivity index (χ0) is 10.5. The number of carbonyl (C=O) groups is 3. The molecule has 0 spiro atoms. The van der Waals surface area contributed by atoms with Crippen LogP contribution in [0, 0.1) is 5.41 Å². The van der Waals surface area contributed by atoms with Crippen LogP contribution in [0.2, 0.25) is 0 Å². The second-order valence-corrected chi connectivity index (χ2v) is 2.98. The van der Waals surface area contributed by atoms with Gasteiger partial charge < -0.3 is 9.53 Å². The maximum absolute atomic E-state index is 11.3. The second-order valence-electron chi connectivity index (χ2n) is 2.98. The van der Waals surface area contributed by atoms with Crippen molar-refractivity contribution >= 4 is 18.0 Å². The number of aldehydes is 1. The quantitative estimate of drug-likeness (QED) is 0.361. The predicted molar refractivity (Wildman–Crippen MR) is 46.1 cm³/mol. The second kappa shape index (κ2) is 4.74. The first-order chi connectivity index (χ1) is 5.99. The predicted octanol–water partition coefficient (Wildman–Crippen LogP) is 0.734. The van der Waals surface area contributed by atoms with Crippen molar-refractivity contribution in [2.45, 2.75) is 27.2 Å². The summed E-state index contributed by atoms with van der Waals surface area (Å²) in [5.74, 6) is -0.979. The number of Topliss-reactive ketones (excluding diaryl/α,β-unsaturated/α-hetero) is 1. The summed E-state index contributed by atoms with van der Waals surface area (Å²) in [5, 5.41) is 0. The van der Waals surface area contributed by atoms with Gasteiger partial charge in [-0.3, -0.25) is 9.59 Å². The van der Waals surface area contributed by atoms with Crippen LogP contribution in [-0.4, -0.2) is 24.6 Å². The summed E-state index contributed by atoms with van der Waals surface area (Å²) in [6.07, 6.45) is 0.430. The summed E-state index contributed by atoms with van der Waals surface area (Å²) in [7, 11) is 0. The molecule has 0 aromatic carbocycles. The van der Waals surface area contributed by atoms with Crippen molar-refractivity contribution in [3.8, 4) is 0 Å². The van der Waals surface area contributed by atoms with Crippen LogP contribution in [0.25, 0.3) is 0 Å². The van der Waals surface area contributed by atoms with E-state index in [1.54, 1.807) is 6.92 Å². The van der Waals surface area contributed by atoms with E-state index in [0.29, 0.717) is 6.29 Å². The van der Waals surface area contributed by atoms with E-state index in [4.69, 9.17) is 4.74 Å². The Morgan fingerprint density at radius 1 is 1.46 bits per heavy atom. The molecule has 0 heterocycles. The van der Waals surface area contributed by atoms with Crippen molar-refractivity contribution in [3.63, 3.8) is 0 Å². The molecule has 13 heavy (non-hydrogen) atoms. The van der Waals surface area contributed by atoms with E-state index < -0.39 is 11.4 Å². The van der Waals surface area contributed by atoms with Crippen LogP contribution in [0.1, 0.15) is 27.2 Å². The van der Waals surface area contributed by atoms with Gasteiger partial charge in [-0.2, -0.15) is 0 Å².